The molecule has 1 amide bonds. The number of carbonyl (C=O) groups is 1. The Labute approximate surface area is 144 Å². The van der Waals surface area contributed by atoms with E-state index in [1.54, 1.807) is 50.4 Å². The van der Waals surface area contributed by atoms with Crippen LogP contribution in [0.4, 0.5) is 0 Å². The SMILES string of the molecule is Cc1ccc(C(C)(O)CNC(=O)c2cc(Cl)cc3cccnc23)o1. The van der Waals surface area contributed by atoms with Crippen LogP contribution in [-0.4, -0.2) is 22.5 Å². The topological polar surface area (TPSA) is 75.4 Å². The van der Waals surface area contributed by atoms with Gasteiger partial charge in [-0.15, -0.1) is 0 Å². The fraction of sp³-hybridized carbons (Fsp3) is 0.222. The Kier molecular flexibility index (Phi) is 4.30. The maximum absolute atomic E-state index is 12.5. The van der Waals surface area contributed by atoms with Crippen molar-refractivity contribution in [3.05, 3.63) is 64.7 Å². The summed E-state index contributed by atoms with van der Waals surface area (Å²) in [5.74, 6) is 0.737. The first-order valence-corrected chi connectivity index (χ1v) is 7.86. The monoisotopic (exact) mass is 344 g/mol. The molecule has 2 aromatic heterocycles. The molecule has 0 fully saturated rings. The minimum atomic E-state index is -1.31. The zero-order valence-electron chi connectivity index (χ0n) is 13.3. The van der Waals surface area contributed by atoms with E-state index in [1.807, 2.05) is 6.07 Å². The Morgan fingerprint density at radius 3 is 2.88 bits per heavy atom. The summed E-state index contributed by atoms with van der Waals surface area (Å²) in [5, 5.41) is 14.5. The Balaban J connectivity index is 1.83. The van der Waals surface area contributed by atoms with Gasteiger partial charge in [-0.05, 0) is 44.2 Å². The number of carbonyl (C=O) groups excluding carboxylic acids is 1. The van der Waals surface area contributed by atoms with E-state index in [0.717, 1.165) is 5.39 Å². The molecule has 6 heteroatoms. The highest BCUT2D eigenvalue weighted by Crippen LogP contribution is 2.24. The molecule has 0 radical (unpaired) electrons. The molecular formula is C18H17ClN2O3. The molecule has 24 heavy (non-hydrogen) atoms. The van der Waals surface area contributed by atoms with Crippen LogP contribution < -0.4 is 5.32 Å². The standard InChI is InChI=1S/C18H17ClN2O3/c1-11-5-6-15(24-11)18(2,23)10-21-17(22)14-9-13(19)8-12-4-3-7-20-16(12)14/h3-9,23H,10H2,1-2H3,(H,21,22). The number of hydrogen-bond acceptors (Lipinski definition) is 4. The lowest BCUT2D eigenvalue weighted by Gasteiger charge is -2.21. The summed E-state index contributed by atoms with van der Waals surface area (Å²) in [6.45, 7) is 3.38. The maximum atomic E-state index is 12.5. The summed E-state index contributed by atoms with van der Waals surface area (Å²) in [4.78, 5) is 16.8. The molecule has 0 saturated heterocycles. The lowest BCUT2D eigenvalue weighted by atomic mass is 10.0. The largest absolute Gasteiger partial charge is 0.463 e. The summed E-state index contributed by atoms with van der Waals surface area (Å²) < 4.78 is 5.44. The van der Waals surface area contributed by atoms with Crippen molar-refractivity contribution in [1.82, 2.24) is 10.3 Å². The van der Waals surface area contributed by atoms with Crippen LogP contribution in [-0.2, 0) is 5.60 Å². The number of halogens is 1. The molecule has 0 saturated carbocycles. The number of nitrogens with one attached hydrogen (secondary N) is 1. The number of furan rings is 1. The summed E-state index contributed by atoms with van der Waals surface area (Å²) in [7, 11) is 0. The average Bonchev–Trinajstić information content (AvgIpc) is 2.99. The van der Waals surface area contributed by atoms with Gasteiger partial charge < -0.3 is 14.8 Å². The molecule has 2 heterocycles. The zero-order chi connectivity index (χ0) is 17.3. The van der Waals surface area contributed by atoms with Crippen molar-refractivity contribution in [2.75, 3.05) is 6.54 Å². The Morgan fingerprint density at radius 2 is 2.17 bits per heavy atom. The molecule has 124 valence electrons. The van der Waals surface area contributed by atoms with Gasteiger partial charge in [0.05, 0.1) is 17.6 Å². The molecule has 1 aromatic carbocycles. The number of nitrogens with zero attached hydrogens (tertiary/aromatic N) is 1. The Bertz CT molecular complexity index is 902. The third-order valence-corrected chi connectivity index (χ3v) is 4.00. The molecule has 3 aromatic rings. The predicted molar refractivity (Wildman–Crippen MR) is 92.1 cm³/mol. The van der Waals surface area contributed by atoms with Gasteiger partial charge in [0.2, 0.25) is 0 Å². The molecule has 0 aliphatic rings. The first kappa shape index (κ1) is 16.5. The molecule has 0 aliphatic carbocycles. The lowest BCUT2D eigenvalue weighted by Crippen LogP contribution is -2.38. The van der Waals surface area contributed by atoms with Crippen LogP contribution in [0.15, 0.2) is 47.0 Å². The second-order valence-electron chi connectivity index (χ2n) is 5.90. The van der Waals surface area contributed by atoms with Crippen LogP contribution in [0.2, 0.25) is 5.02 Å². The molecule has 2 N–H and O–H groups in total. The molecule has 3 rings (SSSR count). The molecular weight excluding hydrogens is 328 g/mol. The third-order valence-electron chi connectivity index (χ3n) is 3.78. The van der Waals surface area contributed by atoms with Gasteiger partial charge in [0.15, 0.2) is 0 Å². The highest BCUT2D eigenvalue weighted by molar-refractivity contribution is 6.32. The van der Waals surface area contributed by atoms with Crippen molar-refractivity contribution in [3.8, 4) is 0 Å². The Hall–Kier alpha value is -2.37. The second-order valence-corrected chi connectivity index (χ2v) is 6.33. The quantitative estimate of drug-likeness (QED) is 0.760. The van der Waals surface area contributed by atoms with Gasteiger partial charge in [-0.1, -0.05) is 17.7 Å². The Morgan fingerprint density at radius 1 is 1.38 bits per heavy atom. The van der Waals surface area contributed by atoms with Gasteiger partial charge in [-0.25, -0.2) is 0 Å². The van der Waals surface area contributed by atoms with Crippen LogP contribution in [0.5, 0.6) is 0 Å². The number of benzene rings is 1. The molecule has 0 spiro atoms. The first-order chi connectivity index (χ1) is 11.4. The fourth-order valence-corrected chi connectivity index (χ4v) is 2.71. The van der Waals surface area contributed by atoms with E-state index < -0.39 is 5.60 Å². The van der Waals surface area contributed by atoms with Gasteiger partial charge in [-0.2, -0.15) is 0 Å². The second kappa shape index (κ2) is 6.26. The first-order valence-electron chi connectivity index (χ1n) is 7.48. The average molecular weight is 345 g/mol. The van der Waals surface area contributed by atoms with E-state index in [2.05, 4.69) is 10.3 Å². The summed E-state index contributed by atoms with van der Waals surface area (Å²) in [6, 6.07) is 10.4. The predicted octanol–water partition coefficient (Wildman–Crippen LogP) is 3.43. The highest BCUT2D eigenvalue weighted by atomic mass is 35.5. The van der Waals surface area contributed by atoms with Crippen LogP contribution in [0.3, 0.4) is 0 Å². The zero-order valence-corrected chi connectivity index (χ0v) is 14.1. The number of pyridine rings is 1. The maximum Gasteiger partial charge on any atom is 0.253 e. The number of aryl methyl sites for hydroxylation is 1. The van der Waals surface area contributed by atoms with Crippen LogP contribution >= 0.6 is 11.6 Å². The molecule has 0 bridgehead atoms. The normalized spacial score (nSPS) is 13.7. The molecule has 0 aliphatic heterocycles. The van der Waals surface area contributed by atoms with E-state index in [4.69, 9.17) is 16.0 Å². The smallest absolute Gasteiger partial charge is 0.253 e. The van der Waals surface area contributed by atoms with Crippen LogP contribution in [0.25, 0.3) is 10.9 Å². The van der Waals surface area contributed by atoms with Gasteiger partial charge >= 0.3 is 0 Å². The number of aromatic nitrogens is 1. The van der Waals surface area contributed by atoms with Crippen LogP contribution in [0.1, 0.15) is 28.8 Å². The van der Waals surface area contributed by atoms with E-state index >= 15 is 0 Å². The summed E-state index contributed by atoms with van der Waals surface area (Å²) in [6.07, 6.45) is 1.62. The summed E-state index contributed by atoms with van der Waals surface area (Å²) in [5.41, 5.74) is -0.386. The molecule has 1 unspecified atom stereocenters. The highest BCUT2D eigenvalue weighted by Gasteiger charge is 2.28. The van der Waals surface area contributed by atoms with Crippen molar-refractivity contribution in [1.29, 1.82) is 0 Å². The number of aliphatic hydroxyl groups is 1. The summed E-state index contributed by atoms with van der Waals surface area (Å²) >= 11 is 6.08. The van der Waals surface area contributed by atoms with Crippen molar-refractivity contribution in [2.45, 2.75) is 19.4 Å². The van der Waals surface area contributed by atoms with E-state index in [1.165, 1.54) is 0 Å². The number of hydrogen-bond donors (Lipinski definition) is 2. The number of fused-ring (bicyclic) bond motifs is 1. The van der Waals surface area contributed by atoms with E-state index in [9.17, 15) is 9.90 Å². The third kappa shape index (κ3) is 3.27. The van der Waals surface area contributed by atoms with Crippen molar-refractivity contribution in [2.24, 2.45) is 0 Å². The van der Waals surface area contributed by atoms with Crippen molar-refractivity contribution >= 4 is 28.4 Å². The van der Waals surface area contributed by atoms with Gasteiger partial charge in [0, 0.05) is 16.6 Å². The van der Waals surface area contributed by atoms with Gasteiger partial charge in [0.25, 0.3) is 5.91 Å². The van der Waals surface area contributed by atoms with Crippen molar-refractivity contribution < 1.29 is 14.3 Å². The number of amides is 1. The van der Waals surface area contributed by atoms with Crippen molar-refractivity contribution in [3.63, 3.8) is 0 Å². The molecule has 5 nitrogen and oxygen atoms in total. The van der Waals surface area contributed by atoms with E-state index in [0.29, 0.717) is 27.6 Å². The number of rotatable bonds is 4. The minimum absolute atomic E-state index is 0.000370. The lowest BCUT2D eigenvalue weighted by molar-refractivity contribution is 0.0323. The minimum Gasteiger partial charge on any atom is -0.463 e. The van der Waals surface area contributed by atoms with Crippen LogP contribution in [0, 0.1) is 6.92 Å². The van der Waals surface area contributed by atoms with Gasteiger partial charge in [0.1, 0.15) is 17.1 Å². The molecule has 1 atom stereocenters. The van der Waals surface area contributed by atoms with E-state index in [-0.39, 0.29) is 12.5 Å². The van der Waals surface area contributed by atoms with Gasteiger partial charge in [-0.3, -0.25) is 9.78 Å². The fourth-order valence-electron chi connectivity index (χ4n) is 2.49.